The van der Waals surface area contributed by atoms with Crippen LogP contribution in [0.4, 0.5) is 5.82 Å². The standard InChI is InChI=1S/C14H19N5O2S/c1-11-4-5-12-8-19(7-6-18(3)14(12)16-11)22(20,21)13-9-17(2)10-15-13/h4-5,9-10H,6-8H2,1-3H3. The Balaban J connectivity index is 1.98. The highest BCUT2D eigenvalue weighted by atomic mass is 32.2. The summed E-state index contributed by atoms with van der Waals surface area (Å²) in [6.07, 6.45) is 3.02. The lowest BCUT2D eigenvalue weighted by Gasteiger charge is -2.19. The van der Waals surface area contributed by atoms with Crippen molar-refractivity contribution in [3.8, 4) is 0 Å². The van der Waals surface area contributed by atoms with Crippen molar-refractivity contribution in [2.75, 3.05) is 25.0 Å². The summed E-state index contributed by atoms with van der Waals surface area (Å²) in [6.45, 7) is 3.24. The van der Waals surface area contributed by atoms with Crippen LogP contribution in [0.5, 0.6) is 0 Å². The lowest BCUT2D eigenvalue weighted by atomic mass is 10.2. The van der Waals surface area contributed by atoms with Gasteiger partial charge in [-0.3, -0.25) is 0 Å². The molecule has 0 unspecified atom stereocenters. The Labute approximate surface area is 130 Å². The highest BCUT2D eigenvalue weighted by Gasteiger charge is 2.30. The Hall–Kier alpha value is -1.93. The number of aryl methyl sites for hydroxylation is 2. The molecule has 2 aromatic heterocycles. The number of nitrogens with zero attached hydrogens (tertiary/aromatic N) is 5. The van der Waals surface area contributed by atoms with Gasteiger partial charge in [0.1, 0.15) is 5.82 Å². The molecule has 3 heterocycles. The number of hydrogen-bond donors (Lipinski definition) is 0. The maximum atomic E-state index is 12.7. The maximum absolute atomic E-state index is 12.7. The third-order valence-corrected chi connectivity index (χ3v) is 5.50. The molecule has 0 aliphatic carbocycles. The summed E-state index contributed by atoms with van der Waals surface area (Å²) in [4.78, 5) is 10.5. The van der Waals surface area contributed by atoms with E-state index >= 15 is 0 Å². The van der Waals surface area contributed by atoms with Crippen molar-refractivity contribution in [3.05, 3.63) is 35.9 Å². The zero-order valence-corrected chi connectivity index (χ0v) is 13.7. The lowest BCUT2D eigenvalue weighted by molar-refractivity contribution is 0.418. The van der Waals surface area contributed by atoms with Crippen molar-refractivity contribution in [2.24, 2.45) is 7.05 Å². The molecule has 0 N–H and O–H groups in total. The van der Waals surface area contributed by atoms with Crippen LogP contribution in [0.2, 0.25) is 0 Å². The van der Waals surface area contributed by atoms with Crippen LogP contribution < -0.4 is 4.90 Å². The SMILES string of the molecule is Cc1ccc2c(n1)N(C)CCN(S(=O)(=O)c1cn(C)cn1)C2. The van der Waals surface area contributed by atoms with Gasteiger partial charge in [0.2, 0.25) is 0 Å². The van der Waals surface area contributed by atoms with Crippen LogP contribution in [-0.4, -0.2) is 47.4 Å². The van der Waals surface area contributed by atoms with Crippen LogP contribution >= 0.6 is 0 Å². The van der Waals surface area contributed by atoms with Crippen molar-refractivity contribution in [1.29, 1.82) is 0 Å². The van der Waals surface area contributed by atoms with Gasteiger partial charge >= 0.3 is 0 Å². The molecule has 1 aliphatic heterocycles. The van der Waals surface area contributed by atoms with Gasteiger partial charge in [-0.05, 0) is 13.0 Å². The molecule has 8 heteroatoms. The van der Waals surface area contributed by atoms with E-state index in [4.69, 9.17) is 0 Å². The fourth-order valence-electron chi connectivity index (χ4n) is 2.52. The number of anilines is 1. The first kappa shape index (κ1) is 15.0. The molecule has 0 amide bonds. The quantitative estimate of drug-likeness (QED) is 0.817. The van der Waals surface area contributed by atoms with Crippen LogP contribution in [0, 0.1) is 6.92 Å². The second kappa shape index (κ2) is 5.36. The van der Waals surface area contributed by atoms with Crippen LogP contribution in [0.15, 0.2) is 29.7 Å². The maximum Gasteiger partial charge on any atom is 0.262 e. The first-order chi connectivity index (χ1) is 10.4. The molecule has 0 saturated heterocycles. The van der Waals surface area contributed by atoms with Gasteiger partial charge in [0.05, 0.1) is 6.33 Å². The molecule has 7 nitrogen and oxygen atoms in total. The lowest BCUT2D eigenvalue weighted by Crippen LogP contribution is -2.34. The smallest absolute Gasteiger partial charge is 0.262 e. The van der Waals surface area contributed by atoms with Gasteiger partial charge in [-0.25, -0.2) is 18.4 Å². The fraction of sp³-hybridized carbons (Fsp3) is 0.429. The number of hydrogen-bond acceptors (Lipinski definition) is 5. The minimum absolute atomic E-state index is 0.0844. The highest BCUT2D eigenvalue weighted by molar-refractivity contribution is 7.89. The number of pyridine rings is 1. The molecule has 0 saturated carbocycles. The average molecular weight is 321 g/mol. The largest absolute Gasteiger partial charge is 0.358 e. The normalized spacial score (nSPS) is 16.4. The number of rotatable bonds is 2. The summed E-state index contributed by atoms with van der Waals surface area (Å²) in [5.74, 6) is 0.846. The second-order valence-corrected chi connectivity index (χ2v) is 7.46. The number of imidazole rings is 1. The summed E-state index contributed by atoms with van der Waals surface area (Å²) in [5.41, 5.74) is 1.83. The van der Waals surface area contributed by atoms with Gasteiger partial charge in [0.25, 0.3) is 10.0 Å². The van der Waals surface area contributed by atoms with Gasteiger partial charge in [-0.2, -0.15) is 4.31 Å². The van der Waals surface area contributed by atoms with E-state index in [2.05, 4.69) is 9.97 Å². The third kappa shape index (κ3) is 2.59. The predicted molar refractivity (Wildman–Crippen MR) is 83.0 cm³/mol. The molecule has 0 fully saturated rings. The summed E-state index contributed by atoms with van der Waals surface area (Å²) in [5, 5.41) is 0.0844. The molecule has 1 aliphatic rings. The van der Waals surface area contributed by atoms with Gasteiger partial charge < -0.3 is 9.47 Å². The van der Waals surface area contributed by atoms with E-state index in [1.165, 1.54) is 16.8 Å². The van der Waals surface area contributed by atoms with E-state index < -0.39 is 10.0 Å². The van der Waals surface area contributed by atoms with E-state index in [1.807, 2.05) is 31.0 Å². The highest BCUT2D eigenvalue weighted by Crippen LogP contribution is 2.25. The molecule has 0 spiro atoms. The number of sulfonamides is 1. The van der Waals surface area contributed by atoms with E-state index in [-0.39, 0.29) is 5.03 Å². The summed E-state index contributed by atoms with van der Waals surface area (Å²) in [7, 11) is 0.0930. The minimum Gasteiger partial charge on any atom is -0.358 e. The molecule has 0 aromatic carbocycles. The van der Waals surface area contributed by atoms with Crippen molar-refractivity contribution in [3.63, 3.8) is 0 Å². The molecule has 0 bridgehead atoms. The molecular weight excluding hydrogens is 302 g/mol. The van der Waals surface area contributed by atoms with Crippen LogP contribution in [0.25, 0.3) is 0 Å². The first-order valence-corrected chi connectivity index (χ1v) is 8.48. The van der Waals surface area contributed by atoms with Crippen molar-refractivity contribution in [2.45, 2.75) is 18.5 Å². The molecular formula is C14H19N5O2S. The zero-order chi connectivity index (χ0) is 15.9. The molecule has 2 aromatic rings. The first-order valence-electron chi connectivity index (χ1n) is 7.04. The second-order valence-electron chi connectivity index (χ2n) is 5.57. The van der Waals surface area contributed by atoms with Crippen molar-refractivity contribution >= 4 is 15.8 Å². The summed E-state index contributed by atoms with van der Waals surface area (Å²) in [6, 6.07) is 3.85. The summed E-state index contributed by atoms with van der Waals surface area (Å²) < 4.78 is 28.6. The zero-order valence-electron chi connectivity index (χ0n) is 12.9. The van der Waals surface area contributed by atoms with Crippen LogP contribution in [0.3, 0.4) is 0 Å². The Morgan fingerprint density at radius 1 is 1.18 bits per heavy atom. The number of fused-ring (bicyclic) bond motifs is 1. The van der Waals surface area contributed by atoms with E-state index in [1.54, 1.807) is 11.6 Å². The average Bonchev–Trinajstić information content (AvgIpc) is 2.84. The number of likely N-dealkylation sites (N-methyl/N-ethyl adjacent to an activating group) is 1. The van der Waals surface area contributed by atoms with Crippen molar-refractivity contribution in [1.82, 2.24) is 18.8 Å². The van der Waals surface area contributed by atoms with Crippen LogP contribution in [0.1, 0.15) is 11.3 Å². The van der Waals surface area contributed by atoms with Gasteiger partial charge in [0.15, 0.2) is 5.03 Å². The minimum atomic E-state index is -3.59. The van der Waals surface area contributed by atoms with Gasteiger partial charge in [-0.1, -0.05) is 6.07 Å². The molecule has 22 heavy (non-hydrogen) atoms. The third-order valence-electron chi connectivity index (χ3n) is 3.77. The molecule has 3 rings (SSSR count). The predicted octanol–water partition coefficient (Wildman–Crippen LogP) is 0.764. The monoisotopic (exact) mass is 321 g/mol. The van der Waals surface area contributed by atoms with E-state index in [0.29, 0.717) is 19.6 Å². The molecule has 0 radical (unpaired) electrons. The van der Waals surface area contributed by atoms with Gasteiger partial charge in [0, 0.05) is 51.2 Å². The van der Waals surface area contributed by atoms with E-state index in [9.17, 15) is 8.42 Å². The van der Waals surface area contributed by atoms with Crippen molar-refractivity contribution < 1.29 is 8.42 Å². The Kier molecular flexibility index (Phi) is 3.65. The summed E-state index contributed by atoms with van der Waals surface area (Å²) >= 11 is 0. The molecule has 118 valence electrons. The number of aromatic nitrogens is 3. The Bertz CT molecular complexity index is 799. The van der Waals surface area contributed by atoms with Gasteiger partial charge in [-0.15, -0.1) is 0 Å². The molecule has 0 atom stereocenters. The Morgan fingerprint density at radius 3 is 2.64 bits per heavy atom. The van der Waals surface area contributed by atoms with Crippen LogP contribution in [-0.2, 0) is 23.6 Å². The fourth-order valence-corrected chi connectivity index (χ4v) is 3.90. The topological polar surface area (TPSA) is 71.3 Å². The Morgan fingerprint density at radius 2 is 1.95 bits per heavy atom. The van der Waals surface area contributed by atoms with E-state index in [0.717, 1.165) is 17.1 Å².